The number of hydrogen-bond acceptors (Lipinski definition) is 5. The van der Waals surface area contributed by atoms with Gasteiger partial charge in [0.25, 0.3) is 0 Å². The highest BCUT2D eigenvalue weighted by Gasteiger charge is 2.23. The van der Waals surface area contributed by atoms with Crippen LogP contribution in [0, 0.1) is 0 Å². The van der Waals surface area contributed by atoms with Crippen LogP contribution in [0.3, 0.4) is 0 Å². The summed E-state index contributed by atoms with van der Waals surface area (Å²) in [7, 11) is 0. The van der Waals surface area contributed by atoms with Crippen molar-refractivity contribution in [2.75, 3.05) is 10.6 Å². The second kappa shape index (κ2) is 12.1. The van der Waals surface area contributed by atoms with E-state index in [-0.39, 0.29) is 6.04 Å². The van der Waals surface area contributed by atoms with Crippen LogP contribution in [0.5, 0.6) is 0 Å². The largest absolute Gasteiger partial charge is 0.396 e. The summed E-state index contributed by atoms with van der Waals surface area (Å²) in [5, 5.41) is 5.69. The van der Waals surface area contributed by atoms with Gasteiger partial charge in [0.1, 0.15) is 0 Å². The predicted molar refractivity (Wildman–Crippen MR) is 209 cm³/mol. The lowest BCUT2D eigenvalue weighted by atomic mass is 10.0. The van der Waals surface area contributed by atoms with E-state index < -0.39 is 0 Å². The Labute approximate surface area is 290 Å². The lowest BCUT2D eigenvalue weighted by Gasteiger charge is -2.31. The van der Waals surface area contributed by atoms with E-state index in [2.05, 4.69) is 145 Å². The molecule has 238 valence electrons. The molecule has 0 radical (unpaired) electrons. The maximum atomic E-state index is 6.92. The van der Waals surface area contributed by atoms with Crippen LogP contribution in [-0.2, 0) is 0 Å². The zero-order valence-electron chi connectivity index (χ0n) is 27.5. The molecule has 0 spiro atoms. The Morgan fingerprint density at radius 2 is 1.10 bits per heavy atom. The molecule has 2 N–H and O–H groups in total. The molecule has 5 nitrogen and oxygen atoms in total. The molecule has 0 amide bonds. The van der Waals surface area contributed by atoms with E-state index in [0.717, 1.165) is 55.9 Å². The van der Waals surface area contributed by atoms with Crippen molar-refractivity contribution >= 4 is 43.8 Å². The van der Waals surface area contributed by atoms with Crippen molar-refractivity contribution in [1.82, 2.24) is 15.0 Å². The van der Waals surface area contributed by atoms with Gasteiger partial charge in [-0.3, -0.25) is 0 Å². The molecule has 0 bridgehead atoms. The second-order valence-electron chi connectivity index (χ2n) is 12.8. The maximum Gasteiger partial charge on any atom is 0.160 e. The normalized spacial score (nSPS) is 14.2. The first-order valence-corrected chi connectivity index (χ1v) is 16.9. The Balaban J connectivity index is 1.18. The smallest absolute Gasteiger partial charge is 0.160 e. The molecule has 3 heterocycles. The molecule has 50 heavy (non-hydrogen) atoms. The topological polar surface area (TPSA) is 67.9 Å². The number of aromatic nitrogens is 3. The van der Waals surface area contributed by atoms with Gasteiger partial charge in [-0.15, -0.1) is 0 Å². The third kappa shape index (κ3) is 5.26. The van der Waals surface area contributed by atoms with Crippen molar-refractivity contribution in [2.45, 2.75) is 13.0 Å². The Kier molecular flexibility index (Phi) is 7.17. The monoisotopic (exact) mass is 643 g/mol. The SMILES string of the molecule is CC1C=CC=CN1c1c(-c2ccc(-c3nc(-c4ccc5ccccc5c4)cc(-c4ccc5ccccc5c4)n3)cc2)nc2ccccc2c1N. The Morgan fingerprint density at radius 1 is 0.540 bits per heavy atom. The number of rotatable bonds is 5. The van der Waals surface area contributed by atoms with Crippen LogP contribution >= 0.6 is 0 Å². The fourth-order valence-corrected chi connectivity index (χ4v) is 6.91. The third-order valence-corrected chi connectivity index (χ3v) is 9.58. The average Bonchev–Trinajstić information content (AvgIpc) is 3.18. The van der Waals surface area contributed by atoms with Gasteiger partial charge in [0, 0.05) is 39.9 Å². The summed E-state index contributed by atoms with van der Waals surface area (Å²) in [5.41, 5.74) is 16.0. The Morgan fingerprint density at radius 3 is 1.74 bits per heavy atom. The number of anilines is 2. The molecule has 1 aliphatic heterocycles. The van der Waals surface area contributed by atoms with E-state index in [1.807, 2.05) is 30.3 Å². The van der Waals surface area contributed by atoms with Gasteiger partial charge >= 0.3 is 0 Å². The zero-order valence-corrected chi connectivity index (χ0v) is 27.5. The molecule has 2 aromatic heterocycles. The van der Waals surface area contributed by atoms with Gasteiger partial charge in [-0.1, -0.05) is 127 Å². The number of hydrogen-bond donors (Lipinski definition) is 1. The molecule has 9 rings (SSSR count). The molecule has 1 aliphatic rings. The molecular formula is C45H33N5. The molecule has 6 aromatic carbocycles. The first kappa shape index (κ1) is 29.5. The molecule has 0 saturated heterocycles. The lowest BCUT2D eigenvalue weighted by Crippen LogP contribution is -2.29. The number of para-hydroxylation sites is 1. The van der Waals surface area contributed by atoms with Gasteiger partial charge in [0.15, 0.2) is 5.82 Å². The van der Waals surface area contributed by atoms with E-state index in [4.69, 9.17) is 20.7 Å². The number of nitrogens with zero attached hydrogens (tertiary/aromatic N) is 4. The molecule has 0 fully saturated rings. The van der Waals surface area contributed by atoms with E-state index in [1.54, 1.807) is 0 Å². The van der Waals surface area contributed by atoms with Gasteiger partial charge in [0.05, 0.1) is 34.0 Å². The average molecular weight is 644 g/mol. The summed E-state index contributed by atoms with van der Waals surface area (Å²) in [4.78, 5) is 17.7. The van der Waals surface area contributed by atoms with Gasteiger partial charge in [-0.05, 0) is 58.8 Å². The molecule has 8 aromatic rings. The minimum absolute atomic E-state index is 0.128. The van der Waals surface area contributed by atoms with Crippen molar-refractivity contribution < 1.29 is 0 Å². The van der Waals surface area contributed by atoms with Crippen LogP contribution in [0.25, 0.3) is 77.6 Å². The Bertz CT molecular complexity index is 2540. The predicted octanol–water partition coefficient (Wildman–Crippen LogP) is 10.9. The van der Waals surface area contributed by atoms with Crippen molar-refractivity contribution in [1.29, 1.82) is 0 Å². The van der Waals surface area contributed by atoms with E-state index >= 15 is 0 Å². The van der Waals surface area contributed by atoms with Crippen molar-refractivity contribution in [2.24, 2.45) is 0 Å². The first-order valence-electron chi connectivity index (χ1n) is 16.9. The number of nitrogens with two attached hydrogens (primary N) is 1. The third-order valence-electron chi connectivity index (χ3n) is 9.58. The number of pyridine rings is 1. The maximum absolute atomic E-state index is 6.92. The van der Waals surface area contributed by atoms with Crippen LogP contribution in [0.2, 0.25) is 0 Å². The summed E-state index contributed by atoms with van der Waals surface area (Å²) < 4.78 is 0. The zero-order chi connectivity index (χ0) is 33.6. The van der Waals surface area contributed by atoms with E-state index in [0.29, 0.717) is 11.5 Å². The summed E-state index contributed by atoms with van der Waals surface area (Å²) in [6, 6.07) is 48.5. The van der Waals surface area contributed by atoms with Crippen LogP contribution in [0.1, 0.15) is 6.92 Å². The van der Waals surface area contributed by atoms with E-state index in [1.165, 1.54) is 21.5 Å². The van der Waals surface area contributed by atoms with Gasteiger partial charge in [-0.25, -0.2) is 15.0 Å². The minimum atomic E-state index is 0.128. The summed E-state index contributed by atoms with van der Waals surface area (Å²) >= 11 is 0. The number of fused-ring (bicyclic) bond motifs is 3. The van der Waals surface area contributed by atoms with Crippen molar-refractivity contribution in [3.63, 3.8) is 0 Å². The Hall–Kier alpha value is -6.59. The minimum Gasteiger partial charge on any atom is -0.396 e. The van der Waals surface area contributed by atoms with Crippen LogP contribution in [0.15, 0.2) is 164 Å². The molecule has 0 saturated carbocycles. The van der Waals surface area contributed by atoms with E-state index in [9.17, 15) is 0 Å². The standard InChI is InChI=1S/C45H33N5/c1-29-10-8-9-25-50(29)44-42(46)38-15-6-7-16-39(38)47-43(44)32-19-21-33(22-20-32)45-48-40(36-23-17-30-11-2-4-13-34(30)26-36)28-41(49-45)37-24-18-31-12-3-5-14-35(31)27-37/h2-29H,1H3,(H2,46,47). The molecule has 0 aliphatic carbocycles. The molecule has 5 heteroatoms. The van der Waals surface area contributed by atoms with Crippen LogP contribution in [0.4, 0.5) is 11.4 Å². The van der Waals surface area contributed by atoms with Crippen molar-refractivity contribution in [3.05, 3.63) is 164 Å². The summed E-state index contributed by atoms with van der Waals surface area (Å²) in [5.74, 6) is 0.661. The number of benzene rings is 6. The quantitative estimate of drug-likeness (QED) is 0.202. The van der Waals surface area contributed by atoms with Gasteiger partial charge < -0.3 is 10.6 Å². The summed E-state index contributed by atoms with van der Waals surface area (Å²) in [6.07, 6.45) is 8.34. The van der Waals surface area contributed by atoms with Crippen LogP contribution < -0.4 is 10.6 Å². The van der Waals surface area contributed by atoms with Crippen LogP contribution in [-0.4, -0.2) is 21.0 Å². The van der Waals surface area contributed by atoms with Gasteiger partial charge in [-0.2, -0.15) is 0 Å². The van der Waals surface area contributed by atoms with Gasteiger partial charge in [0.2, 0.25) is 0 Å². The summed E-state index contributed by atoms with van der Waals surface area (Å²) in [6.45, 7) is 2.16. The molecular weight excluding hydrogens is 611 g/mol. The fourth-order valence-electron chi connectivity index (χ4n) is 6.91. The second-order valence-corrected chi connectivity index (χ2v) is 12.8. The van der Waals surface area contributed by atoms with Crippen molar-refractivity contribution in [3.8, 4) is 45.2 Å². The lowest BCUT2D eigenvalue weighted by molar-refractivity contribution is 0.849. The highest BCUT2D eigenvalue weighted by Crippen LogP contribution is 2.41. The highest BCUT2D eigenvalue weighted by molar-refractivity contribution is 6.03. The molecule has 1 atom stereocenters. The number of nitrogen functional groups attached to an aromatic ring is 1. The molecule has 1 unspecified atom stereocenters. The fraction of sp³-hybridized carbons (Fsp3) is 0.0444. The highest BCUT2D eigenvalue weighted by atomic mass is 15.2. The first-order chi connectivity index (χ1) is 24.6. The number of allylic oxidation sites excluding steroid dienone is 2.